The summed E-state index contributed by atoms with van der Waals surface area (Å²) in [6, 6.07) is 10.8. The Hall–Kier alpha value is -3.81. The summed E-state index contributed by atoms with van der Waals surface area (Å²) in [7, 11) is 0. The van der Waals surface area contributed by atoms with Gasteiger partial charge in [-0.15, -0.1) is 0 Å². The van der Waals surface area contributed by atoms with Crippen molar-refractivity contribution in [2.24, 2.45) is 0 Å². The number of carbonyl (C=O) groups excluding carboxylic acids is 2. The summed E-state index contributed by atoms with van der Waals surface area (Å²) in [6.45, 7) is 6.42. The number of Topliss-reactive ketones (excluding diaryl/α,β-unsaturated/α-hetero) is 1. The number of carbonyl (C=O) groups is 2. The van der Waals surface area contributed by atoms with Gasteiger partial charge in [0.15, 0.2) is 18.1 Å². The van der Waals surface area contributed by atoms with Gasteiger partial charge in [0.2, 0.25) is 18.5 Å². The van der Waals surface area contributed by atoms with E-state index in [1.807, 2.05) is 42.7 Å². The minimum Gasteiger partial charge on any atom is -0.477 e. The lowest BCUT2D eigenvalue weighted by Gasteiger charge is -2.11. The van der Waals surface area contributed by atoms with Crippen molar-refractivity contribution in [3.05, 3.63) is 70.7 Å². The van der Waals surface area contributed by atoms with Crippen LogP contribution >= 0.6 is 0 Å². The number of aryl methyl sites for hydroxylation is 1. The van der Waals surface area contributed by atoms with Crippen LogP contribution in [0.3, 0.4) is 0 Å². The molecule has 1 aliphatic rings. The number of pyridine rings is 1. The number of nitrogens with zero attached hydrogens (tertiary/aromatic N) is 2. The monoisotopic (exact) mass is 436 g/mol. The highest BCUT2D eigenvalue weighted by atomic mass is 16.7. The number of hydrogen-bond acceptors (Lipinski definition) is 7. The van der Waals surface area contributed by atoms with Gasteiger partial charge in [-0.2, -0.15) is 0 Å². The van der Waals surface area contributed by atoms with E-state index in [1.165, 1.54) is 6.20 Å². The molecule has 32 heavy (non-hydrogen) atoms. The van der Waals surface area contributed by atoms with E-state index in [9.17, 15) is 9.59 Å². The van der Waals surface area contributed by atoms with Crippen molar-refractivity contribution in [2.75, 3.05) is 20.0 Å². The van der Waals surface area contributed by atoms with Gasteiger partial charge < -0.3 is 23.5 Å². The molecule has 8 heteroatoms. The molecule has 0 bridgehead atoms. The second kappa shape index (κ2) is 9.13. The van der Waals surface area contributed by atoms with Gasteiger partial charge in [-0.05, 0) is 56.7 Å². The Morgan fingerprint density at radius 1 is 1.09 bits per heavy atom. The predicted molar refractivity (Wildman–Crippen MR) is 116 cm³/mol. The molecule has 0 amide bonds. The molecule has 1 aliphatic heterocycles. The fourth-order valence-corrected chi connectivity index (χ4v) is 3.63. The maximum absolute atomic E-state index is 12.8. The topological polar surface area (TPSA) is 88.9 Å². The summed E-state index contributed by atoms with van der Waals surface area (Å²) in [5.41, 5.74) is 3.47. The number of ether oxygens (including phenoxy) is 4. The van der Waals surface area contributed by atoms with E-state index < -0.39 is 5.97 Å². The average Bonchev–Trinajstić information content (AvgIpc) is 3.37. The Morgan fingerprint density at radius 2 is 1.91 bits per heavy atom. The number of benzene rings is 1. The fourth-order valence-electron chi connectivity index (χ4n) is 3.63. The maximum atomic E-state index is 12.8. The molecule has 0 aliphatic carbocycles. The third-order valence-electron chi connectivity index (χ3n) is 5.26. The first-order valence-electron chi connectivity index (χ1n) is 10.3. The molecule has 4 rings (SSSR count). The molecule has 3 aromatic rings. The molecule has 0 radical (unpaired) electrons. The summed E-state index contributed by atoms with van der Waals surface area (Å²) in [5.74, 6) is 0.715. The molecule has 166 valence electrons. The minimum atomic E-state index is -0.649. The van der Waals surface area contributed by atoms with Crippen molar-refractivity contribution in [1.29, 1.82) is 0 Å². The number of hydrogen-bond donors (Lipinski definition) is 0. The third kappa shape index (κ3) is 4.30. The van der Waals surface area contributed by atoms with Crippen molar-refractivity contribution in [2.45, 2.75) is 27.3 Å². The minimum absolute atomic E-state index is 0.189. The van der Waals surface area contributed by atoms with E-state index in [2.05, 4.69) is 4.98 Å². The fraction of sp³-hybridized carbons (Fsp3) is 0.292. The van der Waals surface area contributed by atoms with Crippen LogP contribution in [0.1, 0.15) is 44.6 Å². The largest absolute Gasteiger partial charge is 0.477 e. The van der Waals surface area contributed by atoms with Crippen molar-refractivity contribution in [3.63, 3.8) is 0 Å². The van der Waals surface area contributed by atoms with E-state index in [4.69, 9.17) is 18.9 Å². The van der Waals surface area contributed by atoms with Crippen LogP contribution in [0.4, 0.5) is 0 Å². The van der Waals surface area contributed by atoms with Gasteiger partial charge >= 0.3 is 5.97 Å². The SMILES string of the molecule is CCOc1ncccc1C(=O)OCC(=O)c1cc(C)n(Cc2ccc3c(c2)OCO3)c1C. The number of ketones is 1. The van der Waals surface area contributed by atoms with Crippen LogP contribution < -0.4 is 14.2 Å². The lowest BCUT2D eigenvalue weighted by Crippen LogP contribution is -2.16. The van der Waals surface area contributed by atoms with Gasteiger partial charge in [0, 0.05) is 29.7 Å². The molecule has 8 nitrogen and oxygen atoms in total. The summed E-state index contributed by atoms with van der Waals surface area (Å²) in [4.78, 5) is 29.3. The summed E-state index contributed by atoms with van der Waals surface area (Å²) in [6.07, 6.45) is 1.53. The Morgan fingerprint density at radius 3 is 2.72 bits per heavy atom. The lowest BCUT2D eigenvalue weighted by molar-refractivity contribution is 0.0469. The lowest BCUT2D eigenvalue weighted by atomic mass is 10.1. The highest BCUT2D eigenvalue weighted by Gasteiger charge is 2.21. The van der Waals surface area contributed by atoms with Crippen LogP contribution in [0.5, 0.6) is 17.4 Å². The van der Waals surface area contributed by atoms with Gasteiger partial charge in [0.05, 0.1) is 6.61 Å². The van der Waals surface area contributed by atoms with Crippen molar-refractivity contribution in [3.8, 4) is 17.4 Å². The number of esters is 1. The third-order valence-corrected chi connectivity index (χ3v) is 5.26. The first-order valence-corrected chi connectivity index (χ1v) is 10.3. The van der Waals surface area contributed by atoms with Gasteiger partial charge in [0.25, 0.3) is 0 Å². The maximum Gasteiger partial charge on any atom is 0.344 e. The molecular weight excluding hydrogens is 412 g/mol. The van der Waals surface area contributed by atoms with E-state index in [1.54, 1.807) is 19.1 Å². The number of fused-ring (bicyclic) bond motifs is 1. The molecule has 0 atom stereocenters. The predicted octanol–water partition coefficient (Wildman–Crippen LogP) is 3.72. The Balaban J connectivity index is 1.45. The molecule has 2 aromatic heterocycles. The second-order valence-electron chi connectivity index (χ2n) is 7.35. The molecule has 3 heterocycles. The van der Waals surface area contributed by atoms with Gasteiger partial charge in [-0.25, -0.2) is 9.78 Å². The van der Waals surface area contributed by atoms with Gasteiger partial charge in [0.1, 0.15) is 5.56 Å². The first kappa shape index (κ1) is 21.4. The zero-order chi connectivity index (χ0) is 22.7. The van der Waals surface area contributed by atoms with Crippen molar-refractivity contribution in [1.82, 2.24) is 9.55 Å². The second-order valence-corrected chi connectivity index (χ2v) is 7.35. The zero-order valence-electron chi connectivity index (χ0n) is 18.2. The van der Waals surface area contributed by atoms with E-state index in [0.717, 1.165) is 28.5 Å². The standard InChI is InChI=1S/C24H24N2O6/c1-4-29-23-18(6-5-9-25-23)24(28)30-13-20(27)19-10-15(2)26(16(19)3)12-17-7-8-21-22(11-17)32-14-31-21/h5-11H,4,12-14H2,1-3H3. The summed E-state index contributed by atoms with van der Waals surface area (Å²) >= 11 is 0. The van der Waals surface area contributed by atoms with Crippen molar-refractivity contribution < 1.29 is 28.5 Å². The molecule has 1 aromatic carbocycles. The highest BCUT2D eigenvalue weighted by Crippen LogP contribution is 2.33. The van der Waals surface area contributed by atoms with Crippen LogP contribution in [0.2, 0.25) is 0 Å². The van der Waals surface area contributed by atoms with E-state index in [0.29, 0.717) is 18.7 Å². The summed E-state index contributed by atoms with van der Waals surface area (Å²) < 4.78 is 23.5. The van der Waals surface area contributed by atoms with E-state index >= 15 is 0 Å². The van der Waals surface area contributed by atoms with Crippen molar-refractivity contribution >= 4 is 11.8 Å². The molecule has 0 N–H and O–H groups in total. The van der Waals surface area contributed by atoms with E-state index in [-0.39, 0.29) is 30.6 Å². The van der Waals surface area contributed by atoms with Crippen LogP contribution in [0.25, 0.3) is 0 Å². The quantitative estimate of drug-likeness (QED) is 0.393. The Kier molecular flexibility index (Phi) is 6.11. The molecule has 0 saturated heterocycles. The molecule has 0 unspecified atom stereocenters. The first-order chi connectivity index (χ1) is 15.5. The molecule has 0 spiro atoms. The van der Waals surface area contributed by atoms with Crippen LogP contribution in [-0.2, 0) is 11.3 Å². The zero-order valence-corrected chi connectivity index (χ0v) is 18.2. The van der Waals surface area contributed by atoms with Crippen LogP contribution in [-0.4, -0.2) is 41.3 Å². The summed E-state index contributed by atoms with van der Waals surface area (Å²) in [5, 5.41) is 0. The normalized spacial score (nSPS) is 12.0. The average molecular weight is 436 g/mol. The van der Waals surface area contributed by atoms with Gasteiger partial charge in [-0.1, -0.05) is 6.07 Å². The van der Waals surface area contributed by atoms with Gasteiger partial charge in [-0.3, -0.25) is 4.79 Å². The number of aromatic nitrogens is 2. The number of rotatable bonds is 8. The molecular formula is C24H24N2O6. The Labute approximate surface area is 185 Å². The Bertz CT molecular complexity index is 1170. The molecule has 0 fully saturated rings. The highest BCUT2D eigenvalue weighted by molar-refractivity contribution is 6.00. The molecule has 0 saturated carbocycles. The smallest absolute Gasteiger partial charge is 0.344 e. The van der Waals surface area contributed by atoms with Crippen LogP contribution in [0, 0.1) is 13.8 Å². The van der Waals surface area contributed by atoms with Crippen LogP contribution in [0.15, 0.2) is 42.6 Å².